The van der Waals surface area contributed by atoms with Gasteiger partial charge in [0.05, 0.1) is 18.6 Å². The molecular formula is C12H12N4O. The highest BCUT2D eigenvalue weighted by molar-refractivity contribution is 5.30. The topological polar surface area (TPSA) is 63.7 Å². The van der Waals surface area contributed by atoms with E-state index >= 15 is 0 Å². The molecule has 0 spiro atoms. The Balaban J connectivity index is 2.11. The standard InChI is InChI=1S/C12H12N4O/c1-9(2)16-8-12(7-15-16)17-11-4-3-10(5-13)14-6-11/h3-4,6-9H,1-2H3. The summed E-state index contributed by atoms with van der Waals surface area (Å²) in [4.78, 5) is 3.92. The fourth-order valence-corrected chi connectivity index (χ4v) is 1.30. The van der Waals surface area contributed by atoms with Crippen LogP contribution in [0.2, 0.25) is 0 Å². The first kappa shape index (κ1) is 11.1. The predicted molar refractivity (Wildman–Crippen MR) is 61.6 cm³/mol. The average molecular weight is 228 g/mol. The van der Waals surface area contributed by atoms with E-state index < -0.39 is 0 Å². The van der Waals surface area contributed by atoms with Crippen LogP contribution in [0.4, 0.5) is 0 Å². The molecule has 0 atom stereocenters. The zero-order chi connectivity index (χ0) is 12.3. The van der Waals surface area contributed by atoms with Crippen molar-refractivity contribution < 1.29 is 4.74 Å². The van der Waals surface area contributed by atoms with Crippen molar-refractivity contribution in [2.75, 3.05) is 0 Å². The van der Waals surface area contributed by atoms with E-state index in [2.05, 4.69) is 10.1 Å². The van der Waals surface area contributed by atoms with Gasteiger partial charge in [-0.15, -0.1) is 0 Å². The number of hydrogen-bond acceptors (Lipinski definition) is 4. The van der Waals surface area contributed by atoms with Crippen molar-refractivity contribution in [1.82, 2.24) is 14.8 Å². The molecule has 2 heterocycles. The lowest BCUT2D eigenvalue weighted by Crippen LogP contribution is -1.99. The van der Waals surface area contributed by atoms with Gasteiger partial charge >= 0.3 is 0 Å². The van der Waals surface area contributed by atoms with Gasteiger partial charge < -0.3 is 4.74 Å². The number of aromatic nitrogens is 3. The third kappa shape index (κ3) is 2.61. The molecule has 17 heavy (non-hydrogen) atoms. The second kappa shape index (κ2) is 4.66. The molecule has 0 amide bonds. The molecule has 2 aromatic heterocycles. The normalized spacial score (nSPS) is 10.2. The van der Waals surface area contributed by atoms with Gasteiger partial charge in [-0.3, -0.25) is 4.68 Å². The molecule has 0 radical (unpaired) electrons. The SMILES string of the molecule is CC(C)n1cc(Oc2ccc(C#N)nc2)cn1. The highest BCUT2D eigenvalue weighted by atomic mass is 16.5. The number of rotatable bonds is 3. The lowest BCUT2D eigenvalue weighted by molar-refractivity contribution is 0.475. The molecule has 0 aromatic carbocycles. The van der Waals surface area contributed by atoms with Crippen LogP contribution in [0.1, 0.15) is 25.6 Å². The van der Waals surface area contributed by atoms with Crippen molar-refractivity contribution in [3.63, 3.8) is 0 Å². The van der Waals surface area contributed by atoms with Gasteiger partial charge in [-0.1, -0.05) is 0 Å². The lowest BCUT2D eigenvalue weighted by Gasteiger charge is -2.03. The first-order valence-electron chi connectivity index (χ1n) is 5.27. The number of pyridine rings is 1. The maximum atomic E-state index is 8.62. The fourth-order valence-electron chi connectivity index (χ4n) is 1.30. The van der Waals surface area contributed by atoms with Gasteiger partial charge in [0.15, 0.2) is 5.75 Å². The van der Waals surface area contributed by atoms with E-state index in [1.54, 1.807) is 18.3 Å². The molecule has 0 aliphatic rings. The molecule has 0 bridgehead atoms. The zero-order valence-corrected chi connectivity index (χ0v) is 9.66. The summed E-state index contributed by atoms with van der Waals surface area (Å²) in [6.07, 6.45) is 4.99. The summed E-state index contributed by atoms with van der Waals surface area (Å²) in [5.74, 6) is 1.25. The van der Waals surface area contributed by atoms with Crippen molar-refractivity contribution in [2.45, 2.75) is 19.9 Å². The molecule has 0 aliphatic carbocycles. The summed E-state index contributed by atoms with van der Waals surface area (Å²) < 4.78 is 7.37. The van der Waals surface area contributed by atoms with E-state index in [-0.39, 0.29) is 0 Å². The third-order valence-electron chi connectivity index (χ3n) is 2.19. The van der Waals surface area contributed by atoms with Crippen LogP contribution in [0.5, 0.6) is 11.5 Å². The van der Waals surface area contributed by atoms with Crippen LogP contribution in [0.3, 0.4) is 0 Å². The lowest BCUT2D eigenvalue weighted by atomic mass is 10.4. The van der Waals surface area contributed by atoms with Gasteiger partial charge in [0.25, 0.3) is 0 Å². The molecule has 86 valence electrons. The Kier molecular flexibility index (Phi) is 3.06. The van der Waals surface area contributed by atoms with Crippen molar-refractivity contribution in [3.05, 3.63) is 36.4 Å². The van der Waals surface area contributed by atoms with Crippen LogP contribution in [0.15, 0.2) is 30.7 Å². The molecule has 0 unspecified atom stereocenters. The Morgan fingerprint density at radius 1 is 1.29 bits per heavy atom. The van der Waals surface area contributed by atoms with Gasteiger partial charge in [-0.05, 0) is 26.0 Å². The smallest absolute Gasteiger partial charge is 0.165 e. The summed E-state index contributed by atoms with van der Waals surface area (Å²) in [6.45, 7) is 4.08. The number of hydrogen-bond donors (Lipinski definition) is 0. The largest absolute Gasteiger partial charge is 0.452 e. The highest BCUT2D eigenvalue weighted by Gasteiger charge is 2.04. The monoisotopic (exact) mass is 228 g/mol. The van der Waals surface area contributed by atoms with Crippen LogP contribution >= 0.6 is 0 Å². The van der Waals surface area contributed by atoms with Crippen molar-refractivity contribution >= 4 is 0 Å². The second-order valence-corrected chi connectivity index (χ2v) is 3.84. The maximum absolute atomic E-state index is 8.62. The van der Waals surface area contributed by atoms with E-state index in [1.807, 2.05) is 30.8 Å². The molecule has 0 aliphatic heterocycles. The van der Waals surface area contributed by atoms with E-state index in [4.69, 9.17) is 10.00 Å². The van der Waals surface area contributed by atoms with Crippen LogP contribution in [0.25, 0.3) is 0 Å². The van der Waals surface area contributed by atoms with Crippen molar-refractivity contribution in [3.8, 4) is 17.6 Å². The van der Waals surface area contributed by atoms with Gasteiger partial charge in [0.2, 0.25) is 0 Å². The first-order valence-corrected chi connectivity index (χ1v) is 5.27. The minimum atomic E-state index is 0.298. The van der Waals surface area contributed by atoms with Crippen LogP contribution in [0, 0.1) is 11.3 Å². The fraction of sp³-hybridized carbons (Fsp3) is 0.250. The number of nitrogens with zero attached hydrogens (tertiary/aromatic N) is 4. The first-order chi connectivity index (χ1) is 8.19. The maximum Gasteiger partial charge on any atom is 0.165 e. The summed E-state index contributed by atoms with van der Waals surface area (Å²) in [6, 6.07) is 5.57. The molecular weight excluding hydrogens is 216 g/mol. The molecule has 0 fully saturated rings. The molecule has 0 saturated heterocycles. The highest BCUT2D eigenvalue weighted by Crippen LogP contribution is 2.20. The minimum absolute atomic E-state index is 0.298. The molecule has 2 rings (SSSR count). The van der Waals surface area contributed by atoms with Gasteiger partial charge in [-0.25, -0.2) is 4.98 Å². The molecule has 5 heteroatoms. The number of nitriles is 1. The van der Waals surface area contributed by atoms with Crippen LogP contribution < -0.4 is 4.74 Å². The molecule has 5 nitrogen and oxygen atoms in total. The molecule has 0 N–H and O–H groups in total. The van der Waals surface area contributed by atoms with E-state index in [0.29, 0.717) is 23.2 Å². The Bertz CT molecular complexity index is 536. The Morgan fingerprint density at radius 2 is 2.12 bits per heavy atom. The Morgan fingerprint density at radius 3 is 2.65 bits per heavy atom. The Labute approximate surface area is 99.3 Å². The van der Waals surface area contributed by atoms with Crippen molar-refractivity contribution in [1.29, 1.82) is 5.26 Å². The molecule has 0 saturated carbocycles. The van der Waals surface area contributed by atoms with Gasteiger partial charge in [-0.2, -0.15) is 10.4 Å². The van der Waals surface area contributed by atoms with Crippen LogP contribution in [-0.2, 0) is 0 Å². The summed E-state index contributed by atoms with van der Waals surface area (Å²) in [5, 5.41) is 12.8. The Hall–Kier alpha value is -2.35. The average Bonchev–Trinajstić information content (AvgIpc) is 2.79. The minimum Gasteiger partial charge on any atom is -0.452 e. The van der Waals surface area contributed by atoms with Gasteiger partial charge in [0.1, 0.15) is 17.5 Å². The van der Waals surface area contributed by atoms with E-state index in [1.165, 1.54) is 6.20 Å². The predicted octanol–water partition coefficient (Wildman–Crippen LogP) is 2.52. The zero-order valence-electron chi connectivity index (χ0n) is 9.66. The quantitative estimate of drug-likeness (QED) is 0.809. The van der Waals surface area contributed by atoms with E-state index in [9.17, 15) is 0 Å². The summed E-state index contributed by atoms with van der Waals surface area (Å²) >= 11 is 0. The van der Waals surface area contributed by atoms with E-state index in [0.717, 1.165) is 0 Å². The van der Waals surface area contributed by atoms with Crippen molar-refractivity contribution in [2.24, 2.45) is 0 Å². The summed E-state index contributed by atoms with van der Waals surface area (Å²) in [5.41, 5.74) is 0.371. The second-order valence-electron chi connectivity index (χ2n) is 3.84. The number of ether oxygens (including phenoxy) is 1. The molecule has 2 aromatic rings. The van der Waals surface area contributed by atoms with Crippen LogP contribution in [-0.4, -0.2) is 14.8 Å². The third-order valence-corrected chi connectivity index (χ3v) is 2.19. The summed E-state index contributed by atoms with van der Waals surface area (Å²) in [7, 11) is 0. The van der Waals surface area contributed by atoms with Gasteiger partial charge in [0, 0.05) is 6.04 Å².